The van der Waals surface area contributed by atoms with Crippen LogP contribution in [0.2, 0.25) is 5.02 Å². The first kappa shape index (κ1) is 14.3. The lowest BCUT2D eigenvalue weighted by Gasteiger charge is -2.10. The van der Waals surface area contributed by atoms with Gasteiger partial charge in [-0.3, -0.25) is 0 Å². The summed E-state index contributed by atoms with van der Waals surface area (Å²) in [6, 6.07) is 7.77. The minimum Gasteiger partial charge on any atom is -0.383 e. The highest BCUT2D eigenvalue weighted by molar-refractivity contribution is 6.31. The number of nitrogens with zero attached hydrogens (tertiary/aromatic N) is 2. The SMILES string of the molecule is Cc1nc(N)nc(N)c1/C=C/C(C)c1ccccc1Cl. The lowest BCUT2D eigenvalue weighted by Crippen LogP contribution is -2.04. The molecule has 0 bridgehead atoms. The van der Waals surface area contributed by atoms with Crippen LogP contribution in [0.4, 0.5) is 11.8 Å². The molecule has 0 fully saturated rings. The van der Waals surface area contributed by atoms with Crippen molar-refractivity contribution in [2.24, 2.45) is 0 Å². The molecule has 0 spiro atoms. The van der Waals surface area contributed by atoms with Crippen molar-refractivity contribution in [2.75, 3.05) is 11.5 Å². The van der Waals surface area contributed by atoms with Gasteiger partial charge in [-0.25, -0.2) is 4.98 Å². The van der Waals surface area contributed by atoms with Crippen LogP contribution in [0, 0.1) is 6.92 Å². The molecule has 4 N–H and O–H groups in total. The molecule has 20 heavy (non-hydrogen) atoms. The van der Waals surface area contributed by atoms with E-state index in [0.29, 0.717) is 5.82 Å². The van der Waals surface area contributed by atoms with E-state index < -0.39 is 0 Å². The van der Waals surface area contributed by atoms with Crippen molar-refractivity contribution in [1.82, 2.24) is 9.97 Å². The second-order valence-electron chi connectivity index (χ2n) is 4.64. The topological polar surface area (TPSA) is 77.8 Å². The van der Waals surface area contributed by atoms with Crippen LogP contribution in [0.3, 0.4) is 0 Å². The molecule has 0 saturated heterocycles. The van der Waals surface area contributed by atoms with Crippen LogP contribution < -0.4 is 11.5 Å². The molecule has 0 aliphatic carbocycles. The zero-order chi connectivity index (χ0) is 14.7. The number of rotatable bonds is 3. The molecule has 0 aliphatic heterocycles. The molecule has 5 heteroatoms. The van der Waals surface area contributed by atoms with Crippen LogP contribution in [0.5, 0.6) is 0 Å². The number of hydrogen-bond donors (Lipinski definition) is 2. The van der Waals surface area contributed by atoms with Gasteiger partial charge in [0, 0.05) is 16.5 Å². The average molecular weight is 289 g/mol. The van der Waals surface area contributed by atoms with Crippen LogP contribution >= 0.6 is 11.6 Å². The molecule has 1 heterocycles. The van der Waals surface area contributed by atoms with E-state index in [1.165, 1.54) is 0 Å². The van der Waals surface area contributed by atoms with Crippen molar-refractivity contribution < 1.29 is 0 Å². The molecule has 0 saturated carbocycles. The summed E-state index contributed by atoms with van der Waals surface area (Å²) in [4.78, 5) is 8.08. The number of nitrogens with two attached hydrogens (primary N) is 2. The summed E-state index contributed by atoms with van der Waals surface area (Å²) in [5, 5.41) is 0.753. The zero-order valence-electron chi connectivity index (χ0n) is 11.5. The van der Waals surface area contributed by atoms with Gasteiger partial charge in [-0.2, -0.15) is 4.98 Å². The molecule has 1 aromatic heterocycles. The van der Waals surface area contributed by atoms with Gasteiger partial charge in [0.1, 0.15) is 5.82 Å². The Kier molecular flexibility index (Phi) is 4.25. The number of halogens is 1. The average Bonchev–Trinajstić information content (AvgIpc) is 2.37. The molecule has 0 aliphatic rings. The minimum atomic E-state index is 0.167. The molecular weight excluding hydrogens is 272 g/mol. The Hall–Kier alpha value is -2.07. The van der Waals surface area contributed by atoms with Gasteiger partial charge in [-0.05, 0) is 18.6 Å². The van der Waals surface area contributed by atoms with E-state index in [0.717, 1.165) is 21.8 Å². The third kappa shape index (κ3) is 3.08. The van der Waals surface area contributed by atoms with Crippen LogP contribution in [0.1, 0.15) is 29.7 Å². The Balaban J connectivity index is 2.28. The fourth-order valence-electron chi connectivity index (χ4n) is 2.02. The third-order valence-corrected chi connectivity index (χ3v) is 3.47. The molecule has 0 radical (unpaired) electrons. The number of anilines is 2. The fraction of sp³-hybridized carbons (Fsp3) is 0.200. The van der Waals surface area contributed by atoms with Gasteiger partial charge in [0.25, 0.3) is 0 Å². The maximum atomic E-state index is 6.18. The Morgan fingerprint density at radius 2 is 1.90 bits per heavy atom. The number of hydrogen-bond acceptors (Lipinski definition) is 4. The smallest absolute Gasteiger partial charge is 0.222 e. The number of allylic oxidation sites excluding steroid dienone is 1. The van der Waals surface area contributed by atoms with Gasteiger partial charge in [0.15, 0.2) is 0 Å². The maximum absolute atomic E-state index is 6.18. The van der Waals surface area contributed by atoms with E-state index >= 15 is 0 Å². The summed E-state index contributed by atoms with van der Waals surface area (Å²) in [5.41, 5.74) is 14.0. The van der Waals surface area contributed by atoms with Crippen LogP contribution in [0.25, 0.3) is 6.08 Å². The second kappa shape index (κ2) is 5.92. The number of aromatic nitrogens is 2. The van der Waals surface area contributed by atoms with Crippen molar-refractivity contribution in [3.05, 3.63) is 52.2 Å². The number of benzene rings is 1. The summed E-state index contributed by atoms with van der Waals surface area (Å²) in [6.45, 7) is 3.93. The predicted octanol–water partition coefficient (Wildman–Crippen LogP) is 3.42. The van der Waals surface area contributed by atoms with Gasteiger partial charge < -0.3 is 11.5 Å². The summed E-state index contributed by atoms with van der Waals surface area (Å²) in [7, 11) is 0. The predicted molar refractivity (Wildman–Crippen MR) is 84.5 cm³/mol. The Morgan fingerprint density at radius 3 is 2.55 bits per heavy atom. The highest BCUT2D eigenvalue weighted by Crippen LogP contribution is 2.26. The van der Waals surface area contributed by atoms with E-state index in [2.05, 4.69) is 16.9 Å². The van der Waals surface area contributed by atoms with E-state index in [1.54, 1.807) is 0 Å². The van der Waals surface area contributed by atoms with E-state index in [1.807, 2.05) is 43.3 Å². The summed E-state index contributed by atoms with van der Waals surface area (Å²) in [6.07, 6.45) is 3.94. The summed E-state index contributed by atoms with van der Waals surface area (Å²) < 4.78 is 0. The van der Waals surface area contributed by atoms with E-state index in [4.69, 9.17) is 23.1 Å². The lowest BCUT2D eigenvalue weighted by molar-refractivity contribution is 0.972. The van der Waals surface area contributed by atoms with Crippen molar-refractivity contribution in [2.45, 2.75) is 19.8 Å². The first-order chi connectivity index (χ1) is 9.49. The lowest BCUT2D eigenvalue weighted by atomic mass is 9.99. The Bertz CT molecular complexity index is 629. The minimum absolute atomic E-state index is 0.167. The molecule has 1 atom stereocenters. The molecule has 1 aromatic carbocycles. The molecule has 4 nitrogen and oxygen atoms in total. The molecule has 2 rings (SSSR count). The van der Waals surface area contributed by atoms with Crippen molar-refractivity contribution in [3.8, 4) is 0 Å². The van der Waals surface area contributed by atoms with Crippen molar-refractivity contribution in [1.29, 1.82) is 0 Å². The van der Waals surface area contributed by atoms with E-state index in [-0.39, 0.29) is 11.9 Å². The van der Waals surface area contributed by atoms with Gasteiger partial charge in [0.05, 0.1) is 5.69 Å². The van der Waals surface area contributed by atoms with Crippen LogP contribution in [0.15, 0.2) is 30.3 Å². The van der Waals surface area contributed by atoms with Gasteiger partial charge >= 0.3 is 0 Å². The second-order valence-corrected chi connectivity index (χ2v) is 5.04. The van der Waals surface area contributed by atoms with Crippen LogP contribution in [-0.4, -0.2) is 9.97 Å². The molecule has 1 unspecified atom stereocenters. The Morgan fingerprint density at radius 1 is 1.20 bits per heavy atom. The largest absolute Gasteiger partial charge is 0.383 e. The highest BCUT2D eigenvalue weighted by Gasteiger charge is 2.08. The quantitative estimate of drug-likeness (QED) is 0.907. The Labute approximate surface area is 123 Å². The van der Waals surface area contributed by atoms with Gasteiger partial charge in [0.2, 0.25) is 5.95 Å². The van der Waals surface area contributed by atoms with Crippen molar-refractivity contribution >= 4 is 29.4 Å². The molecule has 0 amide bonds. The first-order valence-corrected chi connectivity index (χ1v) is 6.69. The normalized spacial score (nSPS) is 12.8. The van der Waals surface area contributed by atoms with Crippen molar-refractivity contribution in [3.63, 3.8) is 0 Å². The number of nitrogen functional groups attached to an aromatic ring is 2. The standard InChI is InChI=1S/C15H17ClN4/c1-9(11-5-3-4-6-13(11)16)7-8-12-10(2)19-15(18)20-14(12)17/h3-9H,1-2H3,(H4,17,18,19,20)/b8-7+. The monoisotopic (exact) mass is 288 g/mol. The zero-order valence-corrected chi connectivity index (χ0v) is 12.2. The first-order valence-electron chi connectivity index (χ1n) is 6.31. The van der Waals surface area contributed by atoms with E-state index in [9.17, 15) is 0 Å². The van der Waals surface area contributed by atoms with Crippen LogP contribution in [-0.2, 0) is 0 Å². The maximum Gasteiger partial charge on any atom is 0.222 e. The highest BCUT2D eigenvalue weighted by atomic mass is 35.5. The summed E-state index contributed by atoms with van der Waals surface area (Å²) in [5.74, 6) is 0.744. The number of aryl methyl sites for hydroxylation is 1. The molecule has 104 valence electrons. The molecular formula is C15H17ClN4. The fourth-order valence-corrected chi connectivity index (χ4v) is 2.33. The molecule has 2 aromatic rings. The van der Waals surface area contributed by atoms with Gasteiger partial charge in [-0.15, -0.1) is 0 Å². The third-order valence-electron chi connectivity index (χ3n) is 3.13. The van der Waals surface area contributed by atoms with Gasteiger partial charge in [-0.1, -0.05) is 48.9 Å². The summed E-state index contributed by atoms with van der Waals surface area (Å²) >= 11 is 6.18.